The van der Waals surface area contributed by atoms with Crippen molar-refractivity contribution in [3.05, 3.63) is 65.6 Å². The van der Waals surface area contributed by atoms with Crippen LogP contribution in [0.1, 0.15) is 11.1 Å². The number of nitrogens with one attached hydrogen (secondary N) is 3. The van der Waals surface area contributed by atoms with E-state index < -0.39 is 11.6 Å². The number of aromatic nitrogens is 3. The molecule has 128 valence electrons. The summed E-state index contributed by atoms with van der Waals surface area (Å²) >= 11 is 0. The lowest BCUT2D eigenvalue weighted by atomic mass is 10.2. The van der Waals surface area contributed by atoms with Gasteiger partial charge in [0.2, 0.25) is 0 Å². The zero-order valence-corrected chi connectivity index (χ0v) is 13.4. The van der Waals surface area contributed by atoms with Gasteiger partial charge in [0.05, 0.1) is 11.9 Å². The van der Waals surface area contributed by atoms with Gasteiger partial charge in [-0.1, -0.05) is 0 Å². The summed E-state index contributed by atoms with van der Waals surface area (Å²) in [5.74, 6) is -0.451. The fourth-order valence-corrected chi connectivity index (χ4v) is 2.31. The average Bonchev–Trinajstić information content (AvgIpc) is 3.00. The molecule has 0 unspecified atom stereocenters. The maximum Gasteiger partial charge on any atom is 0.132 e. The van der Waals surface area contributed by atoms with E-state index in [2.05, 4.69) is 20.7 Å². The second-order valence-electron chi connectivity index (χ2n) is 5.42. The Morgan fingerprint density at radius 3 is 2.80 bits per heavy atom. The number of nitrogens with zero attached hydrogens (tertiary/aromatic N) is 3. The molecule has 0 bridgehead atoms. The van der Waals surface area contributed by atoms with Crippen LogP contribution in [0.4, 0.5) is 26.0 Å². The van der Waals surface area contributed by atoms with E-state index in [-0.39, 0.29) is 12.1 Å². The number of rotatable bonds is 6. The van der Waals surface area contributed by atoms with Gasteiger partial charge >= 0.3 is 0 Å². The fraction of sp³-hybridized carbons (Fsp3) is 0.118. The molecule has 3 N–H and O–H groups in total. The zero-order chi connectivity index (χ0) is 17.8. The van der Waals surface area contributed by atoms with Crippen molar-refractivity contribution in [1.82, 2.24) is 14.8 Å². The third-order valence-electron chi connectivity index (χ3n) is 3.54. The predicted molar refractivity (Wildman–Crippen MR) is 92.3 cm³/mol. The Hall–Kier alpha value is -3.29. The number of anilines is 3. The summed E-state index contributed by atoms with van der Waals surface area (Å²) in [6, 6.07) is 5.00. The molecule has 2 aromatic heterocycles. The van der Waals surface area contributed by atoms with Crippen LogP contribution in [-0.4, -0.2) is 21.0 Å². The van der Waals surface area contributed by atoms with Gasteiger partial charge in [-0.15, -0.1) is 0 Å². The molecule has 0 spiro atoms. The average molecular weight is 342 g/mol. The molecular weight excluding hydrogens is 326 g/mol. The van der Waals surface area contributed by atoms with Crippen molar-refractivity contribution in [2.75, 3.05) is 10.6 Å². The number of halogens is 2. The molecular formula is C17H16F2N6. The van der Waals surface area contributed by atoms with Crippen LogP contribution in [0.5, 0.6) is 0 Å². The highest BCUT2D eigenvalue weighted by molar-refractivity contribution is 5.86. The molecule has 2 heterocycles. The molecule has 3 rings (SSSR count). The Morgan fingerprint density at radius 2 is 2.08 bits per heavy atom. The van der Waals surface area contributed by atoms with Gasteiger partial charge in [0.25, 0.3) is 0 Å². The summed E-state index contributed by atoms with van der Waals surface area (Å²) < 4.78 is 28.7. The molecule has 25 heavy (non-hydrogen) atoms. The minimum Gasteiger partial charge on any atom is -0.380 e. The Balaban J connectivity index is 1.80. The van der Waals surface area contributed by atoms with Gasteiger partial charge in [-0.25, -0.2) is 13.8 Å². The smallest absolute Gasteiger partial charge is 0.132 e. The van der Waals surface area contributed by atoms with Gasteiger partial charge in [0.15, 0.2) is 0 Å². The maximum absolute atomic E-state index is 13.7. The predicted octanol–water partition coefficient (Wildman–Crippen LogP) is 3.45. The van der Waals surface area contributed by atoms with Crippen LogP contribution in [0.3, 0.4) is 0 Å². The molecule has 0 saturated heterocycles. The molecule has 3 aromatic rings. The third kappa shape index (κ3) is 3.97. The SMILES string of the molecule is Cn1cc(Nc2cc(NCc3cc(F)ccc3F)c(C=N)cn2)cn1. The third-order valence-corrected chi connectivity index (χ3v) is 3.54. The lowest BCUT2D eigenvalue weighted by Crippen LogP contribution is -2.06. The second-order valence-corrected chi connectivity index (χ2v) is 5.42. The van der Waals surface area contributed by atoms with Gasteiger partial charge in [-0.05, 0) is 18.2 Å². The molecule has 0 saturated carbocycles. The Labute approximate surface area is 143 Å². The Morgan fingerprint density at radius 1 is 1.24 bits per heavy atom. The minimum absolute atomic E-state index is 0.0841. The summed E-state index contributed by atoms with van der Waals surface area (Å²) in [7, 11) is 1.80. The van der Waals surface area contributed by atoms with Crippen molar-refractivity contribution in [1.29, 1.82) is 5.41 Å². The van der Waals surface area contributed by atoms with Crippen molar-refractivity contribution in [2.45, 2.75) is 6.54 Å². The Bertz CT molecular complexity index is 906. The van der Waals surface area contributed by atoms with E-state index in [4.69, 9.17) is 5.41 Å². The van der Waals surface area contributed by atoms with Crippen LogP contribution >= 0.6 is 0 Å². The second kappa shape index (κ2) is 7.08. The lowest BCUT2D eigenvalue weighted by Gasteiger charge is -2.12. The van der Waals surface area contributed by atoms with Crippen molar-refractivity contribution >= 4 is 23.4 Å². The largest absolute Gasteiger partial charge is 0.380 e. The summed E-state index contributed by atoms with van der Waals surface area (Å²) in [6.07, 6.45) is 6.12. The molecule has 8 heteroatoms. The van der Waals surface area contributed by atoms with E-state index in [1.165, 1.54) is 6.20 Å². The Kier molecular flexibility index (Phi) is 4.69. The summed E-state index contributed by atoms with van der Waals surface area (Å²) in [4.78, 5) is 4.23. The van der Waals surface area contributed by atoms with Crippen molar-refractivity contribution < 1.29 is 8.78 Å². The van der Waals surface area contributed by atoms with Crippen LogP contribution in [0, 0.1) is 17.0 Å². The lowest BCUT2D eigenvalue weighted by molar-refractivity contribution is 0.587. The first kappa shape index (κ1) is 16.6. The summed E-state index contributed by atoms with van der Waals surface area (Å²) in [5.41, 5.74) is 2.09. The highest BCUT2D eigenvalue weighted by atomic mass is 19.1. The number of pyridine rings is 1. The van der Waals surface area contributed by atoms with E-state index in [1.54, 1.807) is 30.2 Å². The maximum atomic E-state index is 13.7. The fourth-order valence-electron chi connectivity index (χ4n) is 2.31. The van der Waals surface area contributed by atoms with E-state index in [1.807, 2.05) is 0 Å². The first-order chi connectivity index (χ1) is 12.0. The minimum atomic E-state index is -0.501. The number of aryl methyl sites for hydroxylation is 1. The molecule has 0 atom stereocenters. The van der Waals surface area contributed by atoms with Crippen molar-refractivity contribution in [2.24, 2.45) is 7.05 Å². The molecule has 1 aromatic carbocycles. The molecule has 6 nitrogen and oxygen atoms in total. The topological polar surface area (TPSA) is 78.6 Å². The first-order valence-electron chi connectivity index (χ1n) is 7.49. The monoisotopic (exact) mass is 342 g/mol. The number of benzene rings is 1. The van der Waals surface area contributed by atoms with Crippen LogP contribution < -0.4 is 10.6 Å². The summed E-state index contributed by atoms with van der Waals surface area (Å²) in [5, 5.41) is 17.6. The van der Waals surface area contributed by atoms with E-state index in [0.29, 0.717) is 17.1 Å². The molecule has 0 fully saturated rings. The van der Waals surface area contributed by atoms with Crippen molar-refractivity contribution in [3.63, 3.8) is 0 Å². The molecule has 0 aliphatic rings. The number of hydrogen-bond donors (Lipinski definition) is 3. The quantitative estimate of drug-likeness (QED) is 0.600. The first-order valence-corrected chi connectivity index (χ1v) is 7.49. The van der Waals surface area contributed by atoms with Crippen LogP contribution in [-0.2, 0) is 13.6 Å². The standard InChI is InChI=1S/C17H16F2N6/c1-25-10-14(9-23-25)24-17-5-16(12(6-20)8-22-17)21-7-11-4-13(18)2-3-15(11)19/h2-6,8-10,20H,7H2,1H3,(H2,21,22,24). The molecule has 0 aliphatic carbocycles. The number of hydrogen-bond acceptors (Lipinski definition) is 5. The van der Waals surface area contributed by atoms with Gasteiger partial charge in [-0.3, -0.25) is 4.68 Å². The summed E-state index contributed by atoms with van der Waals surface area (Å²) in [6.45, 7) is 0.0841. The van der Waals surface area contributed by atoms with Crippen molar-refractivity contribution in [3.8, 4) is 0 Å². The van der Waals surface area contributed by atoms with E-state index in [9.17, 15) is 8.78 Å². The normalized spacial score (nSPS) is 10.5. The van der Waals surface area contributed by atoms with Gasteiger partial charge in [0, 0.05) is 55.1 Å². The highest BCUT2D eigenvalue weighted by Crippen LogP contribution is 2.21. The molecule has 0 radical (unpaired) electrons. The highest BCUT2D eigenvalue weighted by Gasteiger charge is 2.08. The van der Waals surface area contributed by atoms with Crippen LogP contribution in [0.25, 0.3) is 0 Å². The van der Waals surface area contributed by atoms with Crippen LogP contribution in [0.2, 0.25) is 0 Å². The van der Waals surface area contributed by atoms with Gasteiger partial charge in [-0.2, -0.15) is 5.10 Å². The van der Waals surface area contributed by atoms with E-state index >= 15 is 0 Å². The van der Waals surface area contributed by atoms with Gasteiger partial charge < -0.3 is 16.0 Å². The van der Waals surface area contributed by atoms with Gasteiger partial charge in [0.1, 0.15) is 17.5 Å². The molecule has 0 amide bonds. The zero-order valence-electron chi connectivity index (χ0n) is 13.4. The van der Waals surface area contributed by atoms with E-state index in [0.717, 1.165) is 30.1 Å². The molecule has 0 aliphatic heterocycles. The van der Waals surface area contributed by atoms with Crippen LogP contribution in [0.15, 0.2) is 42.9 Å².